The third-order valence-corrected chi connectivity index (χ3v) is 4.40. The molecular formula is C15H5BrO6. The van der Waals surface area contributed by atoms with Gasteiger partial charge in [0.15, 0.2) is 0 Å². The van der Waals surface area contributed by atoms with E-state index in [0.717, 1.165) is 0 Å². The second-order valence-corrected chi connectivity index (χ2v) is 5.86. The molecule has 108 valence electrons. The van der Waals surface area contributed by atoms with Crippen LogP contribution in [0.1, 0.15) is 47.0 Å². The van der Waals surface area contributed by atoms with Crippen LogP contribution in [0.15, 0.2) is 16.6 Å². The van der Waals surface area contributed by atoms with E-state index in [4.69, 9.17) is 9.47 Å². The minimum Gasteiger partial charge on any atom is -0.386 e. The van der Waals surface area contributed by atoms with Gasteiger partial charge in [-0.15, -0.1) is 0 Å². The van der Waals surface area contributed by atoms with Crippen LogP contribution in [0.3, 0.4) is 0 Å². The number of cyclic esters (lactones) is 4. The number of aryl methyl sites for hydroxylation is 1. The second kappa shape index (κ2) is 4.01. The highest BCUT2D eigenvalue weighted by Gasteiger charge is 2.37. The molecule has 0 spiro atoms. The van der Waals surface area contributed by atoms with Crippen molar-refractivity contribution in [2.24, 2.45) is 0 Å². The Labute approximate surface area is 131 Å². The predicted molar refractivity (Wildman–Crippen MR) is 75.9 cm³/mol. The zero-order valence-corrected chi connectivity index (χ0v) is 12.6. The first kappa shape index (κ1) is 13.1. The van der Waals surface area contributed by atoms with Crippen LogP contribution in [0.2, 0.25) is 0 Å². The number of rotatable bonds is 0. The number of esters is 4. The summed E-state index contributed by atoms with van der Waals surface area (Å²) in [5, 5.41) is 0.510. The first-order valence-electron chi connectivity index (χ1n) is 6.23. The lowest BCUT2D eigenvalue weighted by Crippen LogP contribution is -2.26. The van der Waals surface area contributed by atoms with Crippen LogP contribution in [-0.2, 0) is 9.47 Å². The topological polar surface area (TPSA) is 86.7 Å². The quantitative estimate of drug-likeness (QED) is 0.530. The molecule has 0 unspecified atom stereocenters. The van der Waals surface area contributed by atoms with E-state index in [1.807, 2.05) is 0 Å². The van der Waals surface area contributed by atoms with E-state index >= 15 is 0 Å². The lowest BCUT2D eigenvalue weighted by molar-refractivity contribution is 0.0364. The molecule has 22 heavy (non-hydrogen) atoms. The molecule has 0 aromatic heterocycles. The van der Waals surface area contributed by atoms with E-state index in [2.05, 4.69) is 15.9 Å². The van der Waals surface area contributed by atoms with Gasteiger partial charge >= 0.3 is 23.9 Å². The maximum atomic E-state index is 12.0. The first-order chi connectivity index (χ1) is 10.4. The van der Waals surface area contributed by atoms with E-state index in [-0.39, 0.29) is 33.0 Å². The number of benzene rings is 2. The summed E-state index contributed by atoms with van der Waals surface area (Å²) in [5.41, 5.74) is 1.06. The van der Waals surface area contributed by atoms with Gasteiger partial charge in [-0.1, -0.05) is 0 Å². The normalized spacial score (nSPS) is 15.9. The van der Waals surface area contributed by atoms with E-state index in [0.29, 0.717) is 10.0 Å². The summed E-state index contributed by atoms with van der Waals surface area (Å²) < 4.78 is 9.74. The van der Waals surface area contributed by atoms with Crippen LogP contribution < -0.4 is 0 Å². The maximum absolute atomic E-state index is 12.0. The fourth-order valence-corrected chi connectivity index (χ4v) is 3.49. The van der Waals surface area contributed by atoms with Crippen molar-refractivity contribution in [2.45, 2.75) is 6.92 Å². The highest BCUT2D eigenvalue weighted by Crippen LogP contribution is 2.41. The zero-order valence-electron chi connectivity index (χ0n) is 11.0. The minimum absolute atomic E-state index is 0.122. The molecule has 4 rings (SSSR count). The molecule has 0 saturated heterocycles. The van der Waals surface area contributed by atoms with Crippen molar-refractivity contribution in [1.82, 2.24) is 0 Å². The van der Waals surface area contributed by atoms with Gasteiger partial charge in [0.2, 0.25) is 0 Å². The van der Waals surface area contributed by atoms with Crippen LogP contribution in [-0.4, -0.2) is 23.9 Å². The zero-order chi connectivity index (χ0) is 15.8. The van der Waals surface area contributed by atoms with Crippen LogP contribution in [0.5, 0.6) is 0 Å². The minimum atomic E-state index is -0.822. The van der Waals surface area contributed by atoms with Gasteiger partial charge < -0.3 is 9.47 Å². The lowest BCUT2D eigenvalue weighted by atomic mass is 9.87. The fourth-order valence-electron chi connectivity index (χ4n) is 2.90. The van der Waals surface area contributed by atoms with E-state index < -0.39 is 23.9 Å². The van der Waals surface area contributed by atoms with E-state index in [1.165, 1.54) is 12.1 Å². The van der Waals surface area contributed by atoms with Crippen molar-refractivity contribution < 1.29 is 28.7 Å². The molecule has 0 fully saturated rings. The third kappa shape index (κ3) is 1.43. The third-order valence-electron chi connectivity index (χ3n) is 3.77. The molecule has 7 heteroatoms. The Bertz CT molecular complexity index is 893. The highest BCUT2D eigenvalue weighted by molar-refractivity contribution is 9.10. The molecule has 0 radical (unpaired) electrons. The average Bonchev–Trinajstić information content (AvgIpc) is 2.43. The molecule has 0 N–H and O–H groups in total. The van der Waals surface area contributed by atoms with Crippen molar-refractivity contribution in [3.8, 4) is 0 Å². The molecule has 2 heterocycles. The lowest BCUT2D eigenvalue weighted by Gasteiger charge is -2.23. The molecule has 2 aliphatic rings. The van der Waals surface area contributed by atoms with Crippen molar-refractivity contribution in [3.63, 3.8) is 0 Å². The molecule has 2 aromatic carbocycles. The highest BCUT2D eigenvalue weighted by atomic mass is 79.9. The molecule has 0 aliphatic carbocycles. The van der Waals surface area contributed by atoms with E-state index in [9.17, 15) is 19.2 Å². The van der Waals surface area contributed by atoms with Gasteiger partial charge in [0.05, 0.1) is 22.3 Å². The number of halogens is 1. The van der Waals surface area contributed by atoms with Crippen LogP contribution in [0, 0.1) is 6.92 Å². The molecule has 2 aliphatic heterocycles. The first-order valence-corrected chi connectivity index (χ1v) is 7.02. The summed E-state index contributed by atoms with van der Waals surface area (Å²) in [6.07, 6.45) is 0. The molecule has 0 atom stereocenters. The Balaban J connectivity index is 2.36. The van der Waals surface area contributed by atoms with Crippen molar-refractivity contribution >= 4 is 50.6 Å². The summed E-state index contributed by atoms with van der Waals surface area (Å²) in [6.45, 7) is 1.62. The van der Waals surface area contributed by atoms with Gasteiger partial charge in [0.1, 0.15) is 0 Å². The van der Waals surface area contributed by atoms with Crippen molar-refractivity contribution in [3.05, 3.63) is 44.4 Å². The molecule has 0 bridgehead atoms. The molecule has 2 aromatic rings. The van der Waals surface area contributed by atoms with Gasteiger partial charge in [-0.3, -0.25) is 0 Å². The molecule has 0 saturated carbocycles. The van der Waals surface area contributed by atoms with Gasteiger partial charge in [-0.2, -0.15) is 0 Å². The Morgan fingerprint density at radius 2 is 1.27 bits per heavy atom. The van der Waals surface area contributed by atoms with E-state index in [1.54, 1.807) is 6.92 Å². The van der Waals surface area contributed by atoms with Crippen LogP contribution in [0.4, 0.5) is 0 Å². The van der Waals surface area contributed by atoms with Gasteiger partial charge in [-0.05, 0) is 40.5 Å². The predicted octanol–water partition coefficient (Wildman–Crippen LogP) is 2.53. The Morgan fingerprint density at radius 3 is 1.91 bits per heavy atom. The van der Waals surface area contributed by atoms with Crippen molar-refractivity contribution in [1.29, 1.82) is 0 Å². The summed E-state index contributed by atoms with van der Waals surface area (Å²) in [7, 11) is 0. The monoisotopic (exact) mass is 360 g/mol. The SMILES string of the molecule is Cc1cc2c3c(c(Br)cc4c3c1C(=O)OC4=O)C(=O)OC2=O. The summed E-state index contributed by atoms with van der Waals surface area (Å²) >= 11 is 3.20. The summed E-state index contributed by atoms with van der Waals surface area (Å²) in [6, 6.07) is 2.86. The van der Waals surface area contributed by atoms with Gasteiger partial charge in [-0.25, -0.2) is 19.2 Å². The smallest absolute Gasteiger partial charge is 0.347 e. The molecular weight excluding hydrogens is 356 g/mol. The number of ether oxygens (including phenoxy) is 2. The Kier molecular flexibility index (Phi) is 2.40. The average molecular weight is 361 g/mol. The second-order valence-electron chi connectivity index (χ2n) is 5.00. The summed E-state index contributed by atoms with van der Waals surface area (Å²) in [5.74, 6) is -3.23. The molecule has 6 nitrogen and oxygen atoms in total. The van der Waals surface area contributed by atoms with Crippen molar-refractivity contribution in [2.75, 3.05) is 0 Å². The maximum Gasteiger partial charge on any atom is 0.347 e. The Morgan fingerprint density at radius 1 is 0.773 bits per heavy atom. The number of carbonyl (C=O) groups excluding carboxylic acids is 4. The number of carbonyl (C=O) groups is 4. The van der Waals surface area contributed by atoms with Crippen LogP contribution >= 0.6 is 15.9 Å². The van der Waals surface area contributed by atoms with Crippen LogP contribution in [0.25, 0.3) is 10.8 Å². The Hall–Kier alpha value is -2.54. The standard InChI is InChI=1S/C15H5BrO6/c1-4-2-5-10-9-6(13(18)21-14(19)8(4)9)3-7(16)11(10)15(20)22-12(5)17/h2-3H,1H3. The van der Waals surface area contributed by atoms with Gasteiger partial charge in [0, 0.05) is 15.2 Å². The number of hydrogen-bond acceptors (Lipinski definition) is 6. The number of hydrogen-bond donors (Lipinski definition) is 0. The fraction of sp³-hybridized carbons (Fsp3) is 0.0667. The largest absolute Gasteiger partial charge is 0.386 e. The molecule has 0 amide bonds. The van der Waals surface area contributed by atoms with Gasteiger partial charge in [0.25, 0.3) is 0 Å². The summed E-state index contributed by atoms with van der Waals surface area (Å²) in [4.78, 5) is 48.0.